The van der Waals surface area contributed by atoms with Crippen molar-refractivity contribution in [3.63, 3.8) is 0 Å². The molecular weight excluding hydrogens is 841 g/mol. The molecule has 3 aromatic carbocycles. The number of rotatable bonds is 4. The molecule has 5 rings (SSSR count). The fraction of sp³-hybridized carbons (Fsp3) is 0. The van der Waals surface area contributed by atoms with Gasteiger partial charge in [0.05, 0.1) is 10.0 Å². The van der Waals surface area contributed by atoms with E-state index in [4.69, 9.17) is 32.7 Å². The zero-order chi connectivity index (χ0) is 35.3. The van der Waals surface area contributed by atoms with Crippen LogP contribution in [0, 0.1) is 64.2 Å². The van der Waals surface area contributed by atoms with Crippen LogP contribution >= 0.6 is 38.8 Å². The molecule has 10 radical (unpaired) electrons. The van der Waals surface area contributed by atoms with Crippen molar-refractivity contribution < 1.29 is 94.0 Å². The maximum absolute atomic E-state index is 10.7. The third kappa shape index (κ3) is 36.2. The maximum Gasteiger partial charge on any atom is 2.00 e. The van der Waals surface area contributed by atoms with E-state index < -0.39 is 15.6 Å². The van der Waals surface area contributed by atoms with E-state index in [2.05, 4.69) is 0 Å². The summed E-state index contributed by atoms with van der Waals surface area (Å²) in [7, 11) is -21.3. The molecule has 48 heavy (non-hydrogen) atoms. The Morgan fingerprint density at radius 3 is 0.729 bits per heavy atom. The summed E-state index contributed by atoms with van der Waals surface area (Å²) in [5, 5.41) is 1.14. The SMILES string of the molecule is Clc1ccccc1Oc1ccc(Oc2ccccc2Cl)cc1.F[P-](F)(F)(F)(F)F.F[P-](F)(F)(F)(F)F.[CH]1[CH][CH][CH][CH]1.[CH]1[CH][CH][CH][CH]1.[Fe+2].[Fe+2]. The van der Waals surface area contributed by atoms with E-state index in [1.54, 1.807) is 12.1 Å². The molecule has 268 valence electrons. The van der Waals surface area contributed by atoms with Gasteiger partial charge in [-0.25, -0.2) is 0 Å². The zero-order valence-electron chi connectivity index (χ0n) is 23.4. The molecule has 0 atom stereocenters. The Balaban J connectivity index is 0. The van der Waals surface area contributed by atoms with Gasteiger partial charge in [0.25, 0.3) is 0 Å². The maximum atomic E-state index is 9.87. The Morgan fingerprint density at radius 1 is 0.354 bits per heavy atom. The van der Waals surface area contributed by atoms with E-state index in [0.717, 1.165) is 0 Å². The Kier molecular flexibility index (Phi) is 18.8. The largest absolute Gasteiger partial charge is 2.00 e. The van der Waals surface area contributed by atoms with Gasteiger partial charge in [0.1, 0.15) is 23.0 Å². The Bertz CT molecular complexity index is 1220. The van der Waals surface area contributed by atoms with Gasteiger partial charge in [-0.3, -0.25) is 0 Å². The van der Waals surface area contributed by atoms with Crippen molar-refractivity contribution in [1.29, 1.82) is 0 Å². The quantitative estimate of drug-likeness (QED) is 0.148. The predicted molar refractivity (Wildman–Crippen MR) is 160 cm³/mol. The van der Waals surface area contributed by atoms with Crippen molar-refractivity contribution in [3.8, 4) is 23.0 Å². The minimum Gasteiger partial charge on any atom is -0.0312 e. The number of ether oxygens (including phenoxy) is 2. The number of benzene rings is 3. The first-order chi connectivity index (χ1) is 20.6. The van der Waals surface area contributed by atoms with Crippen molar-refractivity contribution in [1.82, 2.24) is 0 Å². The van der Waals surface area contributed by atoms with Gasteiger partial charge < -0.3 is 9.47 Å². The van der Waals surface area contributed by atoms with Gasteiger partial charge in [-0.15, -0.1) is 0 Å². The van der Waals surface area contributed by atoms with Gasteiger partial charge in [0.2, 0.25) is 0 Å². The Hall–Kier alpha value is -1.10. The summed E-state index contributed by atoms with van der Waals surface area (Å²) >= 11 is 12.1. The number of hydrogen-bond donors (Lipinski definition) is 0. The minimum absolute atomic E-state index is 0. The van der Waals surface area contributed by atoms with E-state index in [0.29, 0.717) is 33.0 Å². The molecule has 0 aliphatic heterocycles. The van der Waals surface area contributed by atoms with Gasteiger partial charge in [-0.2, -0.15) is 0 Å². The summed E-state index contributed by atoms with van der Waals surface area (Å²) in [6, 6.07) is 21.9. The van der Waals surface area contributed by atoms with Crippen LogP contribution in [0.4, 0.5) is 50.4 Å². The fourth-order valence-electron chi connectivity index (χ4n) is 2.53. The summed E-state index contributed by atoms with van der Waals surface area (Å²) in [5.41, 5.74) is 0. The van der Waals surface area contributed by atoms with Crippen LogP contribution in [0.5, 0.6) is 23.0 Å². The molecule has 0 N–H and O–H groups in total. The zero-order valence-corrected chi connectivity index (χ0v) is 28.9. The molecule has 3 aromatic rings. The van der Waals surface area contributed by atoms with E-state index in [-0.39, 0.29) is 34.1 Å². The second-order valence-corrected chi connectivity index (χ2v) is 13.0. The van der Waals surface area contributed by atoms with Crippen LogP contribution < -0.4 is 9.47 Å². The van der Waals surface area contributed by atoms with Crippen molar-refractivity contribution in [3.05, 3.63) is 147 Å². The Morgan fingerprint density at radius 2 is 0.542 bits per heavy atom. The average Bonchev–Trinajstić information content (AvgIpc) is 3.64. The van der Waals surface area contributed by atoms with Gasteiger partial charge in [-0.05, 0) is 113 Å². The predicted octanol–water partition coefficient (Wildman–Crippen LogP) is 15.4. The molecule has 2 aliphatic rings. The van der Waals surface area contributed by atoms with Crippen LogP contribution in [0.1, 0.15) is 0 Å². The first-order valence-electron chi connectivity index (χ1n) is 12.0. The molecule has 0 unspecified atom stereocenters. The number of para-hydroxylation sites is 2. The van der Waals surface area contributed by atoms with Crippen LogP contribution in [0.15, 0.2) is 72.8 Å². The van der Waals surface area contributed by atoms with Crippen molar-refractivity contribution >= 4 is 38.8 Å². The molecule has 0 heterocycles. The standard InChI is InChI=1S/C18H12Cl2O2.2C5H5.2F6P.2Fe/c19-15-5-1-3-7-17(15)21-13-9-11-14(12-10-13)22-18-8-4-2-6-16(18)20;2*1-2-4-5-3-1;2*1-7(2,3,4,5)6;;/h1-12H;2*1-5H;;;;/q;;;2*-1;2*+2. The summed E-state index contributed by atoms with van der Waals surface area (Å²) in [5.74, 6) is 2.59. The molecule has 0 amide bonds. The third-order valence-corrected chi connectivity index (χ3v) is 4.69. The second kappa shape index (κ2) is 18.4. The molecule has 0 aromatic heterocycles. The summed E-state index contributed by atoms with van der Waals surface area (Å²) in [6.07, 6.45) is 20.0. The van der Waals surface area contributed by atoms with Gasteiger partial charge in [-0.1, -0.05) is 47.5 Å². The number of halogens is 14. The van der Waals surface area contributed by atoms with Crippen LogP contribution in [-0.4, -0.2) is 0 Å². The molecule has 2 saturated carbocycles. The monoisotopic (exact) mass is 862 g/mol. The number of hydrogen-bond acceptors (Lipinski definition) is 2. The van der Waals surface area contributed by atoms with Crippen molar-refractivity contribution in [2.45, 2.75) is 0 Å². The van der Waals surface area contributed by atoms with E-state index in [9.17, 15) is 50.4 Å². The van der Waals surface area contributed by atoms with Crippen molar-refractivity contribution in [2.24, 2.45) is 0 Å². The van der Waals surface area contributed by atoms with Gasteiger partial charge in [0, 0.05) is 0 Å². The van der Waals surface area contributed by atoms with E-state index in [1.807, 2.05) is 125 Å². The van der Waals surface area contributed by atoms with Gasteiger partial charge in [0.15, 0.2) is 0 Å². The normalized spacial score (nSPS) is 16.5. The molecule has 2 fully saturated rings. The first kappa shape index (κ1) is 49.0. The molecule has 0 bridgehead atoms. The van der Waals surface area contributed by atoms with Crippen LogP contribution in [-0.2, 0) is 34.1 Å². The molecule has 0 saturated heterocycles. The van der Waals surface area contributed by atoms with E-state index >= 15 is 0 Å². The molecule has 0 spiro atoms. The van der Waals surface area contributed by atoms with E-state index in [1.165, 1.54) is 0 Å². The topological polar surface area (TPSA) is 18.5 Å². The van der Waals surface area contributed by atoms with Crippen LogP contribution in [0.3, 0.4) is 0 Å². The van der Waals surface area contributed by atoms with Crippen molar-refractivity contribution in [2.75, 3.05) is 0 Å². The second-order valence-electron chi connectivity index (χ2n) is 8.38. The molecule has 20 heteroatoms. The third-order valence-electron chi connectivity index (χ3n) is 4.06. The fourth-order valence-corrected chi connectivity index (χ4v) is 2.87. The Labute approximate surface area is 301 Å². The minimum atomic E-state index is -10.7. The molecule has 2 aliphatic carbocycles. The average molecular weight is 863 g/mol. The summed E-state index contributed by atoms with van der Waals surface area (Å²) in [6.45, 7) is 0. The van der Waals surface area contributed by atoms with Crippen LogP contribution in [0.25, 0.3) is 0 Å². The van der Waals surface area contributed by atoms with Gasteiger partial charge >= 0.3 is 100 Å². The molecule has 2 nitrogen and oxygen atoms in total. The van der Waals surface area contributed by atoms with Crippen LogP contribution in [0.2, 0.25) is 10.0 Å². The molecular formula is C28H22Cl2F12Fe2O2P2+2. The smallest absolute Gasteiger partial charge is 0.0312 e. The summed E-state index contributed by atoms with van der Waals surface area (Å²) in [4.78, 5) is 0. The first-order valence-corrected chi connectivity index (χ1v) is 16.8. The summed E-state index contributed by atoms with van der Waals surface area (Å²) < 4.78 is 130.